The Hall–Kier alpha value is -0.980. The number of fused-ring (bicyclic) bond motifs is 1. The molecule has 1 fully saturated rings. The van der Waals surface area contributed by atoms with Gasteiger partial charge in [0.05, 0.1) is 25.4 Å². The van der Waals surface area contributed by atoms with E-state index >= 15 is 0 Å². The van der Waals surface area contributed by atoms with Crippen molar-refractivity contribution in [2.45, 2.75) is 58.1 Å². The van der Waals surface area contributed by atoms with E-state index in [-0.39, 0.29) is 24.0 Å². The highest BCUT2D eigenvalue weighted by atomic mass is 127. The van der Waals surface area contributed by atoms with Gasteiger partial charge in [0.25, 0.3) is 0 Å². The molecule has 30 heavy (non-hydrogen) atoms. The van der Waals surface area contributed by atoms with Crippen LogP contribution in [-0.2, 0) is 24.1 Å². The lowest BCUT2D eigenvalue weighted by Gasteiger charge is -2.33. The third kappa shape index (κ3) is 7.93. The van der Waals surface area contributed by atoms with Gasteiger partial charge in [-0.15, -0.1) is 34.2 Å². The summed E-state index contributed by atoms with van der Waals surface area (Å²) in [6.45, 7) is 10.6. The van der Waals surface area contributed by atoms with Gasteiger partial charge in [-0.1, -0.05) is 6.42 Å². The summed E-state index contributed by atoms with van der Waals surface area (Å²) in [6.07, 6.45) is 5.51. The number of nitrogens with zero attached hydrogens (tertiary/aromatic N) is 5. The van der Waals surface area contributed by atoms with Gasteiger partial charge < -0.3 is 25.0 Å². The lowest BCUT2D eigenvalue weighted by molar-refractivity contribution is -0.0179. The van der Waals surface area contributed by atoms with Crippen LogP contribution in [-0.4, -0.2) is 88.8 Å². The molecule has 3 N–H and O–H groups in total. The second kappa shape index (κ2) is 12.8. The van der Waals surface area contributed by atoms with Crippen LogP contribution in [0.1, 0.15) is 44.8 Å². The van der Waals surface area contributed by atoms with E-state index in [1.54, 1.807) is 0 Å². The Bertz CT molecular complexity index is 660. The second-order valence-electron chi connectivity index (χ2n) is 8.25. The number of hydrogen-bond donors (Lipinski definition) is 3. The average Bonchev–Trinajstić information content (AvgIpc) is 2.93. The monoisotopic (exact) mass is 535 g/mol. The van der Waals surface area contributed by atoms with Crippen molar-refractivity contribution in [2.75, 3.05) is 52.5 Å². The Morgan fingerprint density at radius 2 is 1.97 bits per heavy atom. The van der Waals surface area contributed by atoms with Crippen LogP contribution in [0.3, 0.4) is 0 Å². The van der Waals surface area contributed by atoms with Crippen molar-refractivity contribution < 1.29 is 9.84 Å². The molecule has 0 amide bonds. The highest BCUT2D eigenvalue weighted by Crippen LogP contribution is 2.14. The van der Waals surface area contributed by atoms with Crippen molar-refractivity contribution in [1.82, 2.24) is 30.3 Å². The largest absolute Gasteiger partial charge is 0.387 e. The molecule has 2 aliphatic rings. The van der Waals surface area contributed by atoms with Crippen LogP contribution >= 0.6 is 24.0 Å². The summed E-state index contributed by atoms with van der Waals surface area (Å²) < 4.78 is 7.66. The minimum Gasteiger partial charge on any atom is -0.387 e. The summed E-state index contributed by atoms with van der Waals surface area (Å²) in [4.78, 5) is 6.85. The summed E-state index contributed by atoms with van der Waals surface area (Å²) in [5.74, 6) is 2.90. The number of guanidine groups is 1. The molecular weight excluding hydrogens is 497 g/mol. The predicted octanol–water partition coefficient (Wildman–Crippen LogP) is 0.803. The van der Waals surface area contributed by atoms with Crippen LogP contribution < -0.4 is 10.6 Å². The first kappa shape index (κ1) is 25.3. The number of aliphatic hydroxyl groups is 1. The van der Waals surface area contributed by atoms with Crippen molar-refractivity contribution >= 4 is 29.9 Å². The Labute approximate surface area is 197 Å². The number of nitrogens with one attached hydrogen (secondary N) is 2. The lowest BCUT2D eigenvalue weighted by atomic mass is 10.1. The number of aromatic nitrogens is 3. The first-order valence-electron chi connectivity index (χ1n) is 11.0. The zero-order chi connectivity index (χ0) is 20.5. The number of aryl methyl sites for hydroxylation is 1. The minimum absolute atomic E-state index is 0. The number of ether oxygens (including phenoxy) is 1. The topological polar surface area (TPSA) is 99.8 Å². The maximum absolute atomic E-state index is 10.8. The Kier molecular flexibility index (Phi) is 10.8. The third-order valence-corrected chi connectivity index (χ3v) is 5.42. The molecule has 3 heterocycles. The Balaban J connectivity index is 0.00000320. The fourth-order valence-electron chi connectivity index (χ4n) is 3.91. The van der Waals surface area contributed by atoms with Gasteiger partial charge in [0.1, 0.15) is 11.6 Å². The zero-order valence-electron chi connectivity index (χ0n) is 18.4. The molecule has 1 aromatic rings. The zero-order valence-corrected chi connectivity index (χ0v) is 20.7. The third-order valence-electron chi connectivity index (χ3n) is 5.42. The summed E-state index contributed by atoms with van der Waals surface area (Å²) in [5, 5.41) is 26.1. The van der Waals surface area contributed by atoms with Crippen molar-refractivity contribution in [3.8, 4) is 0 Å². The number of rotatable bonds is 8. The molecule has 0 aliphatic carbocycles. The van der Waals surface area contributed by atoms with Crippen molar-refractivity contribution in [3.05, 3.63) is 11.6 Å². The molecule has 0 bridgehead atoms. The van der Waals surface area contributed by atoms with E-state index < -0.39 is 5.60 Å². The molecule has 9 nitrogen and oxygen atoms in total. The molecule has 172 valence electrons. The van der Waals surface area contributed by atoms with E-state index in [0.717, 1.165) is 76.4 Å². The normalized spacial score (nSPS) is 19.9. The quantitative estimate of drug-likeness (QED) is 0.257. The van der Waals surface area contributed by atoms with Crippen LogP contribution in [0.25, 0.3) is 0 Å². The van der Waals surface area contributed by atoms with Gasteiger partial charge in [-0.25, -0.2) is 0 Å². The van der Waals surface area contributed by atoms with Crippen LogP contribution in [0.5, 0.6) is 0 Å². The first-order valence-corrected chi connectivity index (χ1v) is 11.0. The summed E-state index contributed by atoms with van der Waals surface area (Å²) in [5.41, 5.74) is -0.871. The van der Waals surface area contributed by atoms with E-state index in [4.69, 9.17) is 4.74 Å². The van der Waals surface area contributed by atoms with E-state index in [0.29, 0.717) is 13.1 Å². The fourth-order valence-corrected chi connectivity index (χ4v) is 3.91. The molecule has 3 rings (SSSR count). The molecule has 1 atom stereocenters. The number of aliphatic imine (C=N–C) groups is 1. The van der Waals surface area contributed by atoms with E-state index in [1.165, 1.54) is 19.3 Å². The molecule has 1 unspecified atom stereocenters. The van der Waals surface area contributed by atoms with E-state index in [9.17, 15) is 5.11 Å². The summed E-state index contributed by atoms with van der Waals surface area (Å²) >= 11 is 0. The highest BCUT2D eigenvalue weighted by molar-refractivity contribution is 14.0. The van der Waals surface area contributed by atoms with Gasteiger partial charge in [-0.05, 0) is 26.7 Å². The number of hydrogen-bond acceptors (Lipinski definition) is 6. The maximum Gasteiger partial charge on any atom is 0.191 e. The van der Waals surface area contributed by atoms with Gasteiger partial charge in [0.2, 0.25) is 0 Å². The van der Waals surface area contributed by atoms with Crippen molar-refractivity contribution in [3.63, 3.8) is 0 Å². The van der Waals surface area contributed by atoms with Gasteiger partial charge in [0, 0.05) is 52.1 Å². The lowest BCUT2D eigenvalue weighted by Crippen LogP contribution is -2.48. The molecule has 1 saturated heterocycles. The molecule has 1 aromatic heterocycles. The summed E-state index contributed by atoms with van der Waals surface area (Å²) in [6, 6.07) is 0. The van der Waals surface area contributed by atoms with Crippen LogP contribution in [0, 0.1) is 0 Å². The van der Waals surface area contributed by atoms with Gasteiger partial charge in [-0.2, -0.15) is 0 Å². The first-order chi connectivity index (χ1) is 14.1. The number of halogens is 1. The molecule has 0 saturated carbocycles. The molecule has 10 heteroatoms. The minimum atomic E-state index is -0.871. The SMILES string of the molecule is CCNC(=NCC(C)(O)CN1CCOCC1)NCCc1nnc2n1CCCCC2.I. The second-order valence-corrected chi connectivity index (χ2v) is 8.25. The van der Waals surface area contributed by atoms with Gasteiger partial charge in [0.15, 0.2) is 5.96 Å². The maximum atomic E-state index is 10.8. The molecule has 0 radical (unpaired) electrons. The average molecular weight is 535 g/mol. The molecule has 0 aromatic carbocycles. The van der Waals surface area contributed by atoms with Gasteiger partial charge in [-0.3, -0.25) is 9.89 Å². The van der Waals surface area contributed by atoms with Crippen LogP contribution in [0.2, 0.25) is 0 Å². The van der Waals surface area contributed by atoms with Crippen molar-refractivity contribution in [1.29, 1.82) is 0 Å². The molecule has 2 aliphatic heterocycles. The van der Waals surface area contributed by atoms with E-state index in [2.05, 4.69) is 35.3 Å². The molecule has 0 spiro atoms. The smallest absolute Gasteiger partial charge is 0.191 e. The van der Waals surface area contributed by atoms with E-state index in [1.807, 2.05) is 13.8 Å². The Morgan fingerprint density at radius 1 is 1.17 bits per heavy atom. The molecular formula is C20H38IN7O2. The number of β-amino-alcohol motifs (C(OH)–C–C–N with tert-alkyl or cyclic N) is 1. The fraction of sp³-hybridized carbons (Fsp3) is 0.850. The standard InChI is InChI=1S/C20H37N7O2.HI/c1-3-21-19(23-15-20(2,28)16-26-11-13-29-14-12-26)22-9-8-18-25-24-17-7-5-4-6-10-27(17)18;/h28H,3-16H2,1-2H3,(H2,21,22,23);1H. The van der Waals surface area contributed by atoms with Crippen LogP contribution in [0.4, 0.5) is 0 Å². The Morgan fingerprint density at radius 3 is 2.73 bits per heavy atom. The summed E-state index contributed by atoms with van der Waals surface area (Å²) in [7, 11) is 0. The predicted molar refractivity (Wildman–Crippen MR) is 129 cm³/mol. The number of morpholine rings is 1. The van der Waals surface area contributed by atoms with Crippen LogP contribution in [0.15, 0.2) is 4.99 Å². The highest BCUT2D eigenvalue weighted by Gasteiger charge is 2.25. The van der Waals surface area contributed by atoms with Gasteiger partial charge >= 0.3 is 0 Å². The van der Waals surface area contributed by atoms with Crippen molar-refractivity contribution in [2.24, 2.45) is 4.99 Å².